The van der Waals surface area contributed by atoms with Crippen molar-refractivity contribution in [2.24, 2.45) is 0 Å². The first-order valence-electron chi connectivity index (χ1n) is 7.22. The summed E-state index contributed by atoms with van der Waals surface area (Å²) in [6.07, 6.45) is -0.265. The Morgan fingerprint density at radius 2 is 2.00 bits per heavy atom. The number of anilines is 1. The molecule has 1 aromatic heterocycles. The summed E-state index contributed by atoms with van der Waals surface area (Å²) in [5.74, 6) is -1.36. The van der Waals surface area contributed by atoms with Crippen LogP contribution in [0.1, 0.15) is 22.8 Å². The van der Waals surface area contributed by atoms with Crippen LogP contribution in [-0.2, 0) is 14.3 Å². The highest BCUT2D eigenvalue weighted by Gasteiger charge is 2.18. The molecule has 1 aromatic carbocycles. The molecule has 0 spiro atoms. The van der Waals surface area contributed by atoms with Crippen LogP contribution in [0.3, 0.4) is 0 Å². The number of aryl methyl sites for hydroxylation is 2. The Kier molecular flexibility index (Phi) is 5.90. The van der Waals surface area contributed by atoms with Gasteiger partial charge in [-0.05, 0) is 53.4 Å². The standard InChI is InChI=1S/C17H20N2O3S/c1-11-4-5-12(2)14(8-11)19-17(21)16(20)18-9-15(22-3)13-6-7-23-10-13/h4-8,10,15H,9H2,1-3H3,(H,18,20)(H,19,21). The Morgan fingerprint density at radius 1 is 1.22 bits per heavy atom. The maximum Gasteiger partial charge on any atom is 0.313 e. The van der Waals surface area contributed by atoms with Gasteiger partial charge in [0.2, 0.25) is 0 Å². The highest BCUT2D eigenvalue weighted by atomic mass is 32.1. The lowest BCUT2D eigenvalue weighted by Crippen LogP contribution is -2.38. The number of carbonyl (C=O) groups excluding carboxylic acids is 2. The van der Waals surface area contributed by atoms with Crippen LogP contribution in [0.5, 0.6) is 0 Å². The molecule has 2 N–H and O–H groups in total. The third-order valence-corrected chi connectivity index (χ3v) is 4.20. The summed E-state index contributed by atoms with van der Waals surface area (Å²) in [6, 6.07) is 7.63. The maximum atomic E-state index is 12.0. The van der Waals surface area contributed by atoms with Crippen LogP contribution in [0.25, 0.3) is 0 Å². The molecule has 1 heterocycles. The van der Waals surface area contributed by atoms with Gasteiger partial charge in [0, 0.05) is 19.3 Å². The summed E-state index contributed by atoms with van der Waals surface area (Å²) < 4.78 is 5.34. The molecule has 0 saturated carbocycles. The van der Waals surface area contributed by atoms with E-state index < -0.39 is 11.8 Å². The Hall–Kier alpha value is -2.18. The van der Waals surface area contributed by atoms with E-state index >= 15 is 0 Å². The third kappa shape index (κ3) is 4.64. The molecule has 6 heteroatoms. The predicted octanol–water partition coefficient (Wildman–Crippen LogP) is 2.81. The zero-order chi connectivity index (χ0) is 16.8. The van der Waals surface area contributed by atoms with Gasteiger partial charge in [-0.3, -0.25) is 9.59 Å². The van der Waals surface area contributed by atoms with Crippen molar-refractivity contribution in [2.45, 2.75) is 20.0 Å². The molecule has 1 atom stereocenters. The van der Waals surface area contributed by atoms with E-state index in [0.29, 0.717) is 5.69 Å². The fourth-order valence-corrected chi connectivity index (χ4v) is 2.81. The zero-order valence-electron chi connectivity index (χ0n) is 13.4. The molecular weight excluding hydrogens is 312 g/mol. The van der Waals surface area contributed by atoms with E-state index in [1.165, 1.54) is 0 Å². The van der Waals surface area contributed by atoms with Gasteiger partial charge in [-0.1, -0.05) is 12.1 Å². The highest BCUT2D eigenvalue weighted by molar-refractivity contribution is 7.07. The second kappa shape index (κ2) is 7.89. The molecule has 2 amide bonds. The smallest absolute Gasteiger partial charge is 0.313 e. The van der Waals surface area contributed by atoms with Crippen molar-refractivity contribution in [3.63, 3.8) is 0 Å². The molecule has 2 aromatic rings. The van der Waals surface area contributed by atoms with E-state index in [-0.39, 0.29) is 12.6 Å². The van der Waals surface area contributed by atoms with Crippen molar-refractivity contribution >= 4 is 28.8 Å². The Morgan fingerprint density at radius 3 is 2.65 bits per heavy atom. The molecule has 1 unspecified atom stereocenters. The summed E-state index contributed by atoms with van der Waals surface area (Å²) in [4.78, 5) is 24.0. The first-order valence-corrected chi connectivity index (χ1v) is 8.17. The first kappa shape index (κ1) is 17.2. The van der Waals surface area contributed by atoms with E-state index in [4.69, 9.17) is 4.74 Å². The quantitative estimate of drug-likeness (QED) is 0.827. The molecule has 0 fully saturated rings. The van der Waals surface area contributed by atoms with Gasteiger partial charge >= 0.3 is 11.8 Å². The van der Waals surface area contributed by atoms with Gasteiger partial charge in [-0.15, -0.1) is 0 Å². The number of carbonyl (C=O) groups is 2. The molecule has 122 valence electrons. The van der Waals surface area contributed by atoms with E-state index in [1.54, 1.807) is 18.4 Å². The minimum atomic E-state index is -0.682. The van der Waals surface area contributed by atoms with Gasteiger partial charge in [-0.25, -0.2) is 0 Å². The Bertz CT molecular complexity index is 683. The minimum Gasteiger partial charge on any atom is -0.375 e. The van der Waals surface area contributed by atoms with E-state index in [0.717, 1.165) is 16.7 Å². The number of benzene rings is 1. The van der Waals surface area contributed by atoms with Crippen molar-refractivity contribution in [2.75, 3.05) is 19.0 Å². The number of hydrogen-bond donors (Lipinski definition) is 2. The van der Waals surface area contributed by atoms with Crippen molar-refractivity contribution in [1.29, 1.82) is 0 Å². The Balaban J connectivity index is 1.92. The SMILES string of the molecule is COC(CNC(=O)C(=O)Nc1cc(C)ccc1C)c1ccsc1. The molecule has 5 nitrogen and oxygen atoms in total. The minimum absolute atomic E-state index is 0.242. The fraction of sp³-hybridized carbons (Fsp3) is 0.294. The molecular formula is C17H20N2O3S. The van der Waals surface area contributed by atoms with Crippen molar-refractivity contribution in [3.8, 4) is 0 Å². The van der Waals surface area contributed by atoms with E-state index in [2.05, 4.69) is 10.6 Å². The normalized spacial score (nSPS) is 11.8. The van der Waals surface area contributed by atoms with Crippen molar-refractivity contribution in [3.05, 3.63) is 51.7 Å². The fourth-order valence-electron chi connectivity index (χ4n) is 2.11. The number of nitrogens with one attached hydrogen (secondary N) is 2. The number of hydrogen-bond acceptors (Lipinski definition) is 4. The summed E-state index contributed by atoms with van der Waals surface area (Å²) in [5, 5.41) is 9.14. The maximum absolute atomic E-state index is 12.0. The van der Waals surface area contributed by atoms with Gasteiger partial charge in [0.15, 0.2) is 0 Å². The van der Waals surface area contributed by atoms with Gasteiger partial charge in [0.05, 0.1) is 0 Å². The lowest BCUT2D eigenvalue weighted by atomic mass is 10.1. The van der Waals surface area contributed by atoms with Crippen LogP contribution in [-0.4, -0.2) is 25.5 Å². The number of thiophene rings is 1. The average Bonchev–Trinajstić information content (AvgIpc) is 3.05. The van der Waals surface area contributed by atoms with Crippen LogP contribution >= 0.6 is 11.3 Å². The second-order valence-corrected chi connectivity index (χ2v) is 6.04. The summed E-state index contributed by atoms with van der Waals surface area (Å²) in [6.45, 7) is 4.05. The molecule has 0 aliphatic rings. The predicted molar refractivity (Wildman–Crippen MR) is 91.6 cm³/mol. The van der Waals surface area contributed by atoms with Crippen LogP contribution in [0.2, 0.25) is 0 Å². The first-order chi connectivity index (χ1) is 11.0. The number of rotatable bonds is 5. The van der Waals surface area contributed by atoms with Crippen molar-refractivity contribution < 1.29 is 14.3 Å². The molecule has 0 aliphatic carbocycles. The van der Waals surface area contributed by atoms with Crippen LogP contribution in [0.4, 0.5) is 5.69 Å². The Labute approximate surface area is 139 Å². The van der Waals surface area contributed by atoms with Crippen molar-refractivity contribution in [1.82, 2.24) is 5.32 Å². The number of ether oxygens (including phenoxy) is 1. The van der Waals surface area contributed by atoms with Crippen LogP contribution in [0.15, 0.2) is 35.0 Å². The van der Waals surface area contributed by atoms with Gasteiger partial charge in [-0.2, -0.15) is 11.3 Å². The van der Waals surface area contributed by atoms with E-state index in [9.17, 15) is 9.59 Å². The second-order valence-electron chi connectivity index (χ2n) is 5.26. The zero-order valence-corrected chi connectivity index (χ0v) is 14.2. The van der Waals surface area contributed by atoms with E-state index in [1.807, 2.05) is 48.9 Å². The molecule has 0 bridgehead atoms. The largest absolute Gasteiger partial charge is 0.375 e. The summed E-state index contributed by atoms with van der Waals surface area (Å²) >= 11 is 1.56. The highest BCUT2D eigenvalue weighted by Crippen LogP contribution is 2.19. The topological polar surface area (TPSA) is 67.4 Å². The molecule has 23 heavy (non-hydrogen) atoms. The molecule has 2 rings (SSSR count). The van der Waals surface area contributed by atoms with Crippen LogP contribution < -0.4 is 10.6 Å². The molecule has 0 aliphatic heterocycles. The van der Waals surface area contributed by atoms with Crippen LogP contribution in [0, 0.1) is 13.8 Å². The number of amides is 2. The molecule has 0 radical (unpaired) electrons. The molecule has 0 saturated heterocycles. The number of methoxy groups -OCH3 is 1. The summed E-state index contributed by atoms with van der Waals surface area (Å²) in [7, 11) is 1.57. The monoisotopic (exact) mass is 332 g/mol. The average molecular weight is 332 g/mol. The lowest BCUT2D eigenvalue weighted by molar-refractivity contribution is -0.136. The van der Waals surface area contributed by atoms with Gasteiger partial charge in [0.1, 0.15) is 6.10 Å². The van der Waals surface area contributed by atoms with Gasteiger partial charge < -0.3 is 15.4 Å². The third-order valence-electron chi connectivity index (χ3n) is 3.50. The summed E-state index contributed by atoms with van der Waals surface area (Å²) in [5.41, 5.74) is 3.55. The van der Waals surface area contributed by atoms with Gasteiger partial charge in [0.25, 0.3) is 0 Å². The lowest BCUT2D eigenvalue weighted by Gasteiger charge is -2.15.